The van der Waals surface area contributed by atoms with Crippen LogP contribution in [0.5, 0.6) is 0 Å². The zero-order valence-corrected chi connectivity index (χ0v) is 13.4. The predicted octanol–water partition coefficient (Wildman–Crippen LogP) is 2.47. The van der Waals surface area contributed by atoms with Gasteiger partial charge in [0.2, 0.25) is 0 Å². The van der Waals surface area contributed by atoms with Gasteiger partial charge in [-0.15, -0.1) is 0 Å². The summed E-state index contributed by atoms with van der Waals surface area (Å²) in [6.07, 6.45) is 3.88. The molecular weight excluding hydrogens is 314 g/mol. The Balaban J connectivity index is 1.61. The van der Waals surface area contributed by atoms with Gasteiger partial charge in [0, 0.05) is 13.2 Å². The Labute approximate surface area is 136 Å². The fourth-order valence-corrected chi connectivity index (χ4v) is 3.46. The Morgan fingerprint density at radius 1 is 1.17 bits per heavy atom. The molecule has 0 radical (unpaired) electrons. The van der Waals surface area contributed by atoms with Crippen molar-refractivity contribution < 1.29 is 13.2 Å². The first-order chi connectivity index (χ1) is 11.1. The van der Waals surface area contributed by atoms with Gasteiger partial charge in [0.15, 0.2) is 0 Å². The number of benzene rings is 1. The summed E-state index contributed by atoms with van der Waals surface area (Å²) in [6.45, 7) is 1.53. The topological polar surface area (TPSA) is 80.3 Å². The highest BCUT2D eigenvalue weighted by Gasteiger charge is 2.15. The molecule has 1 unspecified atom stereocenters. The molecule has 3 rings (SSSR count). The van der Waals surface area contributed by atoms with Crippen molar-refractivity contribution >= 4 is 21.5 Å². The molecule has 2 heterocycles. The van der Waals surface area contributed by atoms with E-state index in [2.05, 4.69) is 15.0 Å². The average molecular weight is 333 g/mol. The van der Waals surface area contributed by atoms with E-state index in [9.17, 15) is 8.42 Å². The number of hydrogen-bond acceptors (Lipinski definition) is 5. The molecule has 0 saturated carbocycles. The largest absolute Gasteiger partial charge is 0.376 e. The van der Waals surface area contributed by atoms with E-state index in [0.29, 0.717) is 18.1 Å². The van der Waals surface area contributed by atoms with Crippen molar-refractivity contribution in [2.24, 2.45) is 0 Å². The van der Waals surface area contributed by atoms with Crippen LogP contribution in [0.1, 0.15) is 12.8 Å². The second-order valence-electron chi connectivity index (χ2n) is 5.37. The first-order valence-corrected chi connectivity index (χ1v) is 9.01. The molecule has 1 aliphatic rings. The minimum Gasteiger partial charge on any atom is -0.376 e. The van der Waals surface area contributed by atoms with Gasteiger partial charge in [-0.1, -0.05) is 18.2 Å². The zero-order valence-electron chi connectivity index (χ0n) is 12.6. The highest BCUT2D eigenvalue weighted by molar-refractivity contribution is 7.92. The number of aromatic nitrogens is 1. The number of nitrogens with one attached hydrogen (secondary N) is 2. The third kappa shape index (κ3) is 4.20. The average Bonchev–Trinajstić information content (AvgIpc) is 3.08. The van der Waals surface area contributed by atoms with Crippen molar-refractivity contribution in [3.05, 3.63) is 48.7 Å². The van der Waals surface area contributed by atoms with E-state index in [-0.39, 0.29) is 11.0 Å². The second kappa shape index (κ2) is 6.97. The van der Waals surface area contributed by atoms with Crippen LogP contribution in [0, 0.1) is 0 Å². The first-order valence-electron chi connectivity index (χ1n) is 7.53. The lowest BCUT2D eigenvalue weighted by molar-refractivity contribution is 0.120. The van der Waals surface area contributed by atoms with Crippen molar-refractivity contribution in [3.8, 4) is 0 Å². The van der Waals surface area contributed by atoms with Crippen molar-refractivity contribution in [1.29, 1.82) is 0 Å². The molecule has 0 spiro atoms. The van der Waals surface area contributed by atoms with E-state index in [4.69, 9.17) is 4.74 Å². The quantitative estimate of drug-likeness (QED) is 0.849. The molecule has 2 aromatic rings. The Kier molecular flexibility index (Phi) is 4.78. The van der Waals surface area contributed by atoms with Crippen LogP contribution < -0.4 is 10.0 Å². The summed E-state index contributed by atoms with van der Waals surface area (Å²) in [6, 6.07) is 11.7. The maximum absolute atomic E-state index is 12.2. The minimum absolute atomic E-state index is 0.223. The molecule has 0 amide bonds. The van der Waals surface area contributed by atoms with Crippen LogP contribution >= 0.6 is 0 Å². The second-order valence-corrected chi connectivity index (χ2v) is 7.05. The number of anilines is 2. The van der Waals surface area contributed by atoms with Gasteiger partial charge >= 0.3 is 0 Å². The lowest BCUT2D eigenvalue weighted by atomic mass is 10.2. The van der Waals surface area contributed by atoms with Crippen LogP contribution in [-0.4, -0.2) is 32.7 Å². The van der Waals surface area contributed by atoms with Gasteiger partial charge in [-0.05, 0) is 37.1 Å². The van der Waals surface area contributed by atoms with Crippen LogP contribution in [-0.2, 0) is 14.8 Å². The summed E-state index contributed by atoms with van der Waals surface area (Å²) in [4.78, 5) is 4.45. The van der Waals surface area contributed by atoms with Gasteiger partial charge < -0.3 is 10.1 Å². The highest BCUT2D eigenvalue weighted by Crippen LogP contribution is 2.17. The number of pyridine rings is 1. The number of hydrogen-bond donors (Lipinski definition) is 2. The molecule has 1 aromatic carbocycles. The summed E-state index contributed by atoms with van der Waals surface area (Å²) in [7, 11) is -3.58. The van der Waals surface area contributed by atoms with E-state index in [1.807, 2.05) is 0 Å². The van der Waals surface area contributed by atoms with Crippen molar-refractivity contribution in [2.45, 2.75) is 23.8 Å². The molecule has 6 nitrogen and oxygen atoms in total. The lowest BCUT2D eigenvalue weighted by Gasteiger charge is -2.12. The van der Waals surface area contributed by atoms with Crippen LogP contribution in [0.3, 0.4) is 0 Å². The van der Waals surface area contributed by atoms with E-state index in [1.54, 1.807) is 42.5 Å². The molecular formula is C16H19N3O3S. The number of sulfonamides is 1. The summed E-state index contributed by atoms with van der Waals surface area (Å²) in [5, 5.41) is 3.19. The fourth-order valence-electron chi connectivity index (χ4n) is 2.40. The fraction of sp³-hybridized carbons (Fsp3) is 0.312. The normalized spacial score (nSPS) is 17.8. The maximum atomic E-state index is 12.2. The van der Waals surface area contributed by atoms with Gasteiger partial charge in [-0.25, -0.2) is 13.4 Å². The van der Waals surface area contributed by atoms with Gasteiger partial charge in [0.25, 0.3) is 10.0 Å². The van der Waals surface area contributed by atoms with Gasteiger partial charge in [-0.3, -0.25) is 4.72 Å². The molecule has 1 saturated heterocycles. The molecule has 122 valence electrons. The van der Waals surface area contributed by atoms with E-state index in [1.165, 1.54) is 6.20 Å². The van der Waals surface area contributed by atoms with Gasteiger partial charge in [0.1, 0.15) is 5.82 Å². The molecule has 7 heteroatoms. The Morgan fingerprint density at radius 3 is 2.65 bits per heavy atom. The molecule has 1 aliphatic heterocycles. The van der Waals surface area contributed by atoms with Crippen molar-refractivity contribution in [1.82, 2.24) is 4.98 Å². The molecule has 0 aliphatic carbocycles. The molecule has 23 heavy (non-hydrogen) atoms. The molecule has 1 fully saturated rings. The summed E-state index contributed by atoms with van der Waals surface area (Å²) in [5.41, 5.74) is 0.427. The molecule has 0 bridgehead atoms. The highest BCUT2D eigenvalue weighted by atomic mass is 32.2. The molecule has 1 aromatic heterocycles. The maximum Gasteiger partial charge on any atom is 0.261 e. The number of nitrogens with zero attached hydrogens (tertiary/aromatic N) is 1. The Hall–Kier alpha value is -2.12. The van der Waals surface area contributed by atoms with Crippen LogP contribution in [0.25, 0.3) is 0 Å². The zero-order chi connectivity index (χ0) is 16.1. The van der Waals surface area contributed by atoms with Crippen LogP contribution in [0.15, 0.2) is 53.6 Å². The van der Waals surface area contributed by atoms with Crippen LogP contribution in [0.4, 0.5) is 11.5 Å². The smallest absolute Gasteiger partial charge is 0.261 e. The third-order valence-corrected chi connectivity index (χ3v) is 5.00. The summed E-state index contributed by atoms with van der Waals surface area (Å²) in [5.74, 6) is 0.697. The standard InChI is InChI=1S/C16H19N3O3S/c20-23(21,15-6-2-1-3-7-15)19-13-8-9-16(17-11-13)18-12-14-5-4-10-22-14/h1-3,6-9,11,14,19H,4-5,10,12H2,(H,17,18). The van der Waals surface area contributed by atoms with Crippen molar-refractivity contribution in [2.75, 3.05) is 23.2 Å². The third-order valence-electron chi connectivity index (χ3n) is 3.60. The minimum atomic E-state index is -3.58. The molecule has 2 N–H and O–H groups in total. The monoisotopic (exact) mass is 333 g/mol. The van der Waals surface area contributed by atoms with E-state index in [0.717, 1.165) is 19.4 Å². The SMILES string of the molecule is O=S(=O)(Nc1ccc(NCC2CCCO2)nc1)c1ccccc1. The Bertz CT molecular complexity index is 727. The van der Waals surface area contributed by atoms with E-state index >= 15 is 0 Å². The van der Waals surface area contributed by atoms with Gasteiger partial charge in [0.05, 0.1) is 22.9 Å². The number of ether oxygens (including phenoxy) is 1. The molecule has 1 atom stereocenters. The van der Waals surface area contributed by atoms with E-state index < -0.39 is 10.0 Å². The van der Waals surface area contributed by atoms with Gasteiger partial charge in [-0.2, -0.15) is 0 Å². The number of rotatable bonds is 6. The summed E-state index contributed by atoms with van der Waals surface area (Å²) >= 11 is 0. The van der Waals surface area contributed by atoms with Crippen LogP contribution in [0.2, 0.25) is 0 Å². The summed E-state index contributed by atoms with van der Waals surface area (Å²) < 4.78 is 32.5. The predicted molar refractivity (Wildman–Crippen MR) is 89.0 cm³/mol. The first kappa shape index (κ1) is 15.8. The lowest BCUT2D eigenvalue weighted by Crippen LogP contribution is -2.19. The Morgan fingerprint density at radius 2 is 2.00 bits per heavy atom. The van der Waals surface area contributed by atoms with Crippen molar-refractivity contribution in [3.63, 3.8) is 0 Å².